The summed E-state index contributed by atoms with van der Waals surface area (Å²) >= 11 is 0. The molecule has 8 heteroatoms. The molecule has 3 aromatic rings. The Morgan fingerprint density at radius 1 is 0.968 bits per heavy atom. The van der Waals surface area contributed by atoms with Gasteiger partial charge in [0.15, 0.2) is 0 Å². The Labute approximate surface area is 180 Å². The van der Waals surface area contributed by atoms with E-state index in [1.807, 2.05) is 42.5 Å². The third-order valence-corrected chi connectivity index (χ3v) is 5.50. The van der Waals surface area contributed by atoms with E-state index < -0.39 is 0 Å². The summed E-state index contributed by atoms with van der Waals surface area (Å²) in [5.74, 6) is 1.94. The van der Waals surface area contributed by atoms with Gasteiger partial charge in [0.1, 0.15) is 22.9 Å². The highest BCUT2D eigenvalue weighted by atomic mass is 16.5. The molecule has 0 aliphatic carbocycles. The van der Waals surface area contributed by atoms with Crippen LogP contribution in [0, 0.1) is 0 Å². The van der Waals surface area contributed by atoms with Crippen molar-refractivity contribution in [1.29, 1.82) is 0 Å². The molecule has 1 N–H and O–H groups in total. The van der Waals surface area contributed by atoms with Crippen molar-refractivity contribution in [2.45, 2.75) is 6.04 Å². The van der Waals surface area contributed by atoms with Crippen LogP contribution < -0.4 is 14.2 Å². The number of aromatic nitrogens is 2. The molecule has 0 bridgehead atoms. The SMILES string of the molecule is COCCN1C(=O)c2[nH]nc(-c3ccc(OC)cc3)c2C1c1ccc(OC)cc1OC. The summed E-state index contributed by atoms with van der Waals surface area (Å²) in [5, 5.41) is 7.43. The number of hydrogen-bond acceptors (Lipinski definition) is 6. The number of H-pyrrole nitrogens is 1. The molecule has 1 aliphatic heterocycles. The van der Waals surface area contributed by atoms with Crippen LogP contribution in [0.4, 0.5) is 0 Å². The van der Waals surface area contributed by atoms with E-state index in [-0.39, 0.29) is 11.9 Å². The Morgan fingerprint density at radius 3 is 2.32 bits per heavy atom. The number of rotatable bonds is 8. The first-order valence-electron chi connectivity index (χ1n) is 9.87. The first-order chi connectivity index (χ1) is 15.1. The summed E-state index contributed by atoms with van der Waals surface area (Å²) in [6.45, 7) is 0.843. The second-order valence-electron chi connectivity index (χ2n) is 7.09. The summed E-state index contributed by atoms with van der Waals surface area (Å²) in [4.78, 5) is 15.0. The van der Waals surface area contributed by atoms with Gasteiger partial charge in [0.25, 0.3) is 5.91 Å². The highest BCUT2D eigenvalue weighted by Gasteiger charge is 2.43. The number of benzene rings is 2. The minimum atomic E-state index is -0.380. The van der Waals surface area contributed by atoms with Gasteiger partial charge < -0.3 is 23.8 Å². The molecule has 0 spiro atoms. The lowest BCUT2D eigenvalue weighted by Crippen LogP contribution is -2.32. The summed E-state index contributed by atoms with van der Waals surface area (Å²) in [6.07, 6.45) is 0. The first kappa shape index (κ1) is 20.7. The van der Waals surface area contributed by atoms with Crippen molar-refractivity contribution in [3.63, 3.8) is 0 Å². The van der Waals surface area contributed by atoms with Gasteiger partial charge in [0.2, 0.25) is 0 Å². The molecular formula is C23H25N3O5. The molecule has 0 saturated heterocycles. The fourth-order valence-corrected chi connectivity index (χ4v) is 3.95. The smallest absolute Gasteiger partial charge is 0.273 e. The van der Waals surface area contributed by atoms with Crippen LogP contribution in [0.2, 0.25) is 0 Å². The fraction of sp³-hybridized carbons (Fsp3) is 0.304. The zero-order valence-corrected chi connectivity index (χ0v) is 18.0. The summed E-state index contributed by atoms with van der Waals surface area (Å²) in [5.41, 5.74) is 3.74. The molecule has 162 valence electrons. The van der Waals surface area contributed by atoms with Crippen molar-refractivity contribution in [2.75, 3.05) is 41.6 Å². The van der Waals surface area contributed by atoms with E-state index >= 15 is 0 Å². The van der Waals surface area contributed by atoms with Crippen molar-refractivity contribution in [1.82, 2.24) is 15.1 Å². The number of nitrogens with one attached hydrogen (secondary N) is 1. The lowest BCUT2D eigenvalue weighted by atomic mass is 9.95. The zero-order valence-electron chi connectivity index (χ0n) is 18.0. The maximum atomic E-state index is 13.3. The van der Waals surface area contributed by atoms with Crippen molar-refractivity contribution < 1.29 is 23.7 Å². The maximum absolute atomic E-state index is 13.3. The monoisotopic (exact) mass is 423 g/mol. The molecule has 1 amide bonds. The van der Waals surface area contributed by atoms with E-state index in [2.05, 4.69) is 10.2 Å². The molecule has 31 heavy (non-hydrogen) atoms. The zero-order chi connectivity index (χ0) is 22.0. The van der Waals surface area contributed by atoms with Gasteiger partial charge in [-0.15, -0.1) is 0 Å². The minimum absolute atomic E-state index is 0.123. The molecule has 1 aliphatic rings. The van der Waals surface area contributed by atoms with Crippen LogP contribution in [-0.4, -0.2) is 62.6 Å². The highest BCUT2D eigenvalue weighted by molar-refractivity contribution is 6.00. The highest BCUT2D eigenvalue weighted by Crippen LogP contribution is 2.46. The first-order valence-corrected chi connectivity index (χ1v) is 9.87. The maximum Gasteiger partial charge on any atom is 0.273 e. The Bertz CT molecular complexity index is 1080. The normalized spacial score (nSPS) is 15.2. The largest absolute Gasteiger partial charge is 0.497 e. The number of ether oxygens (including phenoxy) is 4. The average Bonchev–Trinajstić information content (AvgIpc) is 3.36. The van der Waals surface area contributed by atoms with Crippen molar-refractivity contribution in [2.24, 2.45) is 0 Å². The van der Waals surface area contributed by atoms with Crippen molar-refractivity contribution in [3.05, 3.63) is 59.3 Å². The third-order valence-electron chi connectivity index (χ3n) is 5.50. The van der Waals surface area contributed by atoms with Gasteiger partial charge in [-0.25, -0.2) is 0 Å². The van der Waals surface area contributed by atoms with Gasteiger partial charge in [0, 0.05) is 36.4 Å². The van der Waals surface area contributed by atoms with Crippen molar-refractivity contribution >= 4 is 5.91 Å². The van der Waals surface area contributed by atoms with E-state index in [1.54, 1.807) is 33.3 Å². The Morgan fingerprint density at radius 2 is 1.68 bits per heavy atom. The molecule has 1 unspecified atom stereocenters. The van der Waals surface area contributed by atoms with Crippen LogP contribution in [0.3, 0.4) is 0 Å². The second-order valence-corrected chi connectivity index (χ2v) is 7.09. The van der Waals surface area contributed by atoms with Gasteiger partial charge in [-0.2, -0.15) is 5.10 Å². The van der Waals surface area contributed by atoms with E-state index in [4.69, 9.17) is 18.9 Å². The number of hydrogen-bond donors (Lipinski definition) is 1. The van der Waals surface area contributed by atoms with Crippen LogP contribution in [-0.2, 0) is 4.74 Å². The predicted octanol–water partition coefficient (Wildman–Crippen LogP) is 3.29. The van der Waals surface area contributed by atoms with Gasteiger partial charge >= 0.3 is 0 Å². The molecule has 8 nitrogen and oxygen atoms in total. The average molecular weight is 423 g/mol. The number of carbonyl (C=O) groups is 1. The predicted molar refractivity (Wildman–Crippen MR) is 115 cm³/mol. The fourth-order valence-electron chi connectivity index (χ4n) is 3.95. The van der Waals surface area contributed by atoms with Gasteiger partial charge in [-0.1, -0.05) is 0 Å². The summed E-state index contributed by atoms with van der Waals surface area (Å²) < 4.78 is 21.5. The summed E-state index contributed by atoms with van der Waals surface area (Å²) in [7, 11) is 6.45. The quantitative estimate of drug-likeness (QED) is 0.598. The van der Waals surface area contributed by atoms with Crippen molar-refractivity contribution in [3.8, 4) is 28.5 Å². The molecule has 1 atom stereocenters. The minimum Gasteiger partial charge on any atom is -0.497 e. The molecule has 2 heterocycles. The Hall–Kier alpha value is -3.52. The number of carbonyl (C=O) groups excluding carboxylic acids is 1. The van der Waals surface area contributed by atoms with Crippen LogP contribution in [0.25, 0.3) is 11.3 Å². The molecular weight excluding hydrogens is 398 g/mol. The molecule has 0 fully saturated rings. The number of amides is 1. The summed E-state index contributed by atoms with van der Waals surface area (Å²) in [6, 6.07) is 12.8. The van der Waals surface area contributed by atoms with Crippen LogP contribution in [0.15, 0.2) is 42.5 Å². The van der Waals surface area contributed by atoms with Gasteiger partial charge in [-0.3, -0.25) is 9.89 Å². The molecule has 2 aromatic carbocycles. The van der Waals surface area contributed by atoms with E-state index in [1.165, 1.54) is 0 Å². The van der Waals surface area contributed by atoms with E-state index in [9.17, 15) is 4.79 Å². The van der Waals surface area contributed by atoms with Crippen LogP contribution in [0.1, 0.15) is 27.7 Å². The molecule has 1 aromatic heterocycles. The van der Waals surface area contributed by atoms with Gasteiger partial charge in [-0.05, 0) is 36.4 Å². The van der Waals surface area contributed by atoms with E-state index in [0.29, 0.717) is 36.0 Å². The molecule has 0 saturated carbocycles. The number of fused-ring (bicyclic) bond motifs is 1. The van der Waals surface area contributed by atoms with Crippen LogP contribution >= 0.6 is 0 Å². The Kier molecular flexibility index (Phi) is 5.81. The third kappa shape index (κ3) is 3.59. The number of nitrogens with zero attached hydrogens (tertiary/aromatic N) is 2. The Balaban J connectivity index is 1.87. The lowest BCUT2D eigenvalue weighted by Gasteiger charge is -2.27. The standard InChI is InChI=1S/C23H25N3O5/c1-28-12-11-26-22(17-10-9-16(30-3)13-18(17)31-4)19-20(24-25-21(19)23(26)27)14-5-7-15(29-2)8-6-14/h5-10,13,22H,11-12H2,1-4H3,(H,24,25). The second kappa shape index (κ2) is 8.69. The van der Waals surface area contributed by atoms with E-state index in [0.717, 1.165) is 22.4 Å². The number of aromatic amines is 1. The van der Waals surface area contributed by atoms with Gasteiger partial charge in [0.05, 0.1) is 39.7 Å². The molecule has 4 rings (SSSR count). The number of methoxy groups -OCH3 is 4. The lowest BCUT2D eigenvalue weighted by molar-refractivity contribution is 0.0676. The van der Waals surface area contributed by atoms with Crippen LogP contribution in [0.5, 0.6) is 17.2 Å². The topological polar surface area (TPSA) is 85.9 Å². The molecule has 0 radical (unpaired) electrons.